The van der Waals surface area contributed by atoms with Crippen LogP contribution in [0.1, 0.15) is 30.9 Å². The predicted octanol–water partition coefficient (Wildman–Crippen LogP) is 3.92. The number of nitrogens with one attached hydrogen (secondary N) is 2. The number of aryl methyl sites for hydroxylation is 1. The lowest BCUT2D eigenvalue weighted by molar-refractivity contribution is -0.126. The van der Waals surface area contributed by atoms with E-state index in [1.165, 1.54) is 6.21 Å². The van der Waals surface area contributed by atoms with Crippen LogP contribution in [0, 0.1) is 6.92 Å². The summed E-state index contributed by atoms with van der Waals surface area (Å²) in [5, 5.41) is 7.02. The fraction of sp³-hybridized carbons (Fsp3) is 0.250. The number of hydrogen-bond acceptors (Lipinski definition) is 4. The highest BCUT2D eigenvalue weighted by atomic mass is 35.5. The first kappa shape index (κ1) is 20.5. The van der Waals surface area contributed by atoms with Crippen LogP contribution in [0.3, 0.4) is 0 Å². The van der Waals surface area contributed by atoms with E-state index in [9.17, 15) is 9.59 Å². The number of hydrogen-bond donors (Lipinski definition) is 2. The summed E-state index contributed by atoms with van der Waals surface area (Å²) in [6.45, 7) is 4.57. The largest absolute Gasteiger partial charge is 0.494 e. The monoisotopic (exact) mass is 387 g/mol. The molecule has 2 aromatic carbocycles. The standard InChI is InChI=1S/C20H22ClN3O3/c1-3-10-27-17-8-5-15(6-9-17)13-22-24-20(26)12-19(25)23-16-7-4-14(2)18(21)11-16/h4-9,11,13H,3,10,12H2,1-2H3,(H,23,25)(H,24,26). The second kappa shape index (κ2) is 10.3. The van der Waals surface area contributed by atoms with E-state index in [0.29, 0.717) is 17.3 Å². The van der Waals surface area contributed by atoms with E-state index in [2.05, 4.69) is 15.8 Å². The maximum Gasteiger partial charge on any atom is 0.249 e. The number of hydrazone groups is 1. The lowest BCUT2D eigenvalue weighted by Gasteiger charge is -2.06. The number of carbonyl (C=O) groups excluding carboxylic acids is 2. The first-order valence-electron chi connectivity index (χ1n) is 8.58. The number of benzene rings is 2. The quantitative estimate of drug-likeness (QED) is 0.409. The molecule has 0 aromatic heterocycles. The molecule has 142 valence electrons. The Morgan fingerprint density at radius 2 is 1.89 bits per heavy atom. The molecule has 0 aliphatic rings. The molecular weight excluding hydrogens is 366 g/mol. The van der Waals surface area contributed by atoms with Crippen LogP contribution >= 0.6 is 11.6 Å². The van der Waals surface area contributed by atoms with Crippen molar-refractivity contribution in [3.8, 4) is 5.75 Å². The van der Waals surface area contributed by atoms with Crippen LogP contribution < -0.4 is 15.5 Å². The molecule has 2 rings (SSSR count). The Hall–Kier alpha value is -2.86. The van der Waals surface area contributed by atoms with E-state index in [-0.39, 0.29) is 6.42 Å². The second-order valence-electron chi connectivity index (χ2n) is 5.90. The topological polar surface area (TPSA) is 79.8 Å². The van der Waals surface area contributed by atoms with Crippen molar-refractivity contribution in [3.63, 3.8) is 0 Å². The van der Waals surface area contributed by atoms with E-state index in [1.54, 1.807) is 18.2 Å². The molecule has 0 saturated heterocycles. The fourth-order valence-electron chi connectivity index (χ4n) is 2.11. The third kappa shape index (κ3) is 7.11. The van der Waals surface area contributed by atoms with Crippen molar-refractivity contribution >= 4 is 35.3 Å². The molecule has 0 unspecified atom stereocenters. The summed E-state index contributed by atoms with van der Waals surface area (Å²) in [6.07, 6.45) is 2.10. The Morgan fingerprint density at radius 3 is 2.56 bits per heavy atom. The number of nitrogens with zero attached hydrogens (tertiary/aromatic N) is 1. The molecule has 0 radical (unpaired) electrons. The van der Waals surface area contributed by atoms with Crippen molar-refractivity contribution in [2.24, 2.45) is 5.10 Å². The summed E-state index contributed by atoms with van der Waals surface area (Å²) in [6, 6.07) is 12.5. The van der Waals surface area contributed by atoms with Gasteiger partial charge in [0.1, 0.15) is 12.2 Å². The number of halogens is 1. The van der Waals surface area contributed by atoms with Crippen molar-refractivity contribution in [2.75, 3.05) is 11.9 Å². The summed E-state index contributed by atoms with van der Waals surface area (Å²) in [7, 11) is 0. The molecule has 0 atom stereocenters. The minimum absolute atomic E-state index is 0.341. The molecule has 2 aromatic rings. The van der Waals surface area contributed by atoms with Gasteiger partial charge in [-0.1, -0.05) is 24.6 Å². The van der Waals surface area contributed by atoms with Crippen LogP contribution in [-0.2, 0) is 9.59 Å². The maximum absolute atomic E-state index is 11.9. The number of rotatable bonds is 8. The van der Waals surface area contributed by atoms with Gasteiger partial charge in [0.05, 0.1) is 12.8 Å². The van der Waals surface area contributed by atoms with Gasteiger partial charge in [0.15, 0.2) is 0 Å². The van der Waals surface area contributed by atoms with E-state index in [1.807, 2.05) is 38.1 Å². The van der Waals surface area contributed by atoms with Gasteiger partial charge < -0.3 is 10.1 Å². The third-order valence-corrected chi connectivity index (χ3v) is 3.94. The summed E-state index contributed by atoms with van der Waals surface area (Å²) in [5.41, 5.74) is 4.58. The Morgan fingerprint density at radius 1 is 1.15 bits per heavy atom. The smallest absolute Gasteiger partial charge is 0.249 e. The summed E-state index contributed by atoms with van der Waals surface area (Å²) < 4.78 is 5.49. The number of amides is 2. The van der Waals surface area contributed by atoms with Gasteiger partial charge in [-0.25, -0.2) is 5.43 Å². The minimum Gasteiger partial charge on any atom is -0.494 e. The molecule has 0 heterocycles. The van der Waals surface area contributed by atoms with Crippen molar-refractivity contribution in [1.82, 2.24) is 5.43 Å². The van der Waals surface area contributed by atoms with Crippen LogP contribution in [-0.4, -0.2) is 24.6 Å². The third-order valence-electron chi connectivity index (χ3n) is 3.53. The van der Waals surface area contributed by atoms with Gasteiger partial charge in [-0.2, -0.15) is 5.10 Å². The Labute approximate surface area is 163 Å². The van der Waals surface area contributed by atoms with Gasteiger partial charge in [-0.3, -0.25) is 9.59 Å². The molecule has 0 saturated carbocycles. The lowest BCUT2D eigenvalue weighted by Crippen LogP contribution is -2.24. The molecule has 27 heavy (non-hydrogen) atoms. The Kier molecular flexibility index (Phi) is 7.82. The van der Waals surface area contributed by atoms with E-state index < -0.39 is 11.8 Å². The van der Waals surface area contributed by atoms with Crippen molar-refractivity contribution in [2.45, 2.75) is 26.7 Å². The molecule has 0 aliphatic carbocycles. The van der Waals surface area contributed by atoms with Crippen LogP contribution in [0.2, 0.25) is 5.02 Å². The minimum atomic E-state index is -0.509. The highest BCUT2D eigenvalue weighted by Gasteiger charge is 2.09. The number of carbonyl (C=O) groups is 2. The van der Waals surface area contributed by atoms with Gasteiger partial charge in [0.25, 0.3) is 0 Å². The molecule has 7 heteroatoms. The summed E-state index contributed by atoms with van der Waals surface area (Å²) >= 11 is 6.01. The predicted molar refractivity (Wildman–Crippen MR) is 107 cm³/mol. The molecular formula is C20H22ClN3O3. The molecule has 6 nitrogen and oxygen atoms in total. The SMILES string of the molecule is CCCOc1ccc(C=NNC(=O)CC(=O)Nc2ccc(C)c(Cl)c2)cc1. The molecule has 2 amide bonds. The Balaban J connectivity index is 1.78. The Bertz CT molecular complexity index is 820. The van der Waals surface area contributed by atoms with Crippen LogP contribution in [0.5, 0.6) is 5.75 Å². The van der Waals surface area contributed by atoms with Gasteiger partial charge in [0.2, 0.25) is 11.8 Å². The molecule has 0 fully saturated rings. The molecule has 0 spiro atoms. The van der Waals surface area contributed by atoms with Crippen molar-refractivity contribution < 1.29 is 14.3 Å². The zero-order valence-corrected chi connectivity index (χ0v) is 16.0. The van der Waals surface area contributed by atoms with Gasteiger partial charge in [-0.05, 0) is 60.9 Å². The average molecular weight is 388 g/mol. The molecule has 0 aliphatic heterocycles. The van der Waals surface area contributed by atoms with E-state index in [4.69, 9.17) is 16.3 Å². The van der Waals surface area contributed by atoms with Gasteiger partial charge >= 0.3 is 0 Å². The normalized spacial score (nSPS) is 10.6. The fourth-order valence-corrected chi connectivity index (χ4v) is 2.29. The molecule has 0 bridgehead atoms. The van der Waals surface area contributed by atoms with Crippen LogP contribution in [0.25, 0.3) is 0 Å². The number of ether oxygens (including phenoxy) is 1. The first-order valence-corrected chi connectivity index (χ1v) is 8.96. The van der Waals surface area contributed by atoms with Gasteiger partial charge in [0, 0.05) is 10.7 Å². The lowest BCUT2D eigenvalue weighted by atomic mass is 10.2. The van der Waals surface area contributed by atoms with Crippen molar-refractivity contribution in [1.29, 1.82) is 0 Å². The highest BCUT2D eigenvalue weighted by molar-refractivity contribution is 6.31. The average Bonchev–Trinajstić information content (AvgIpc) is 2.64. The van der Waals surface area contributed by atoms with Gasteiger partial charge in [-0.15, -0.1) is 0 Å². The summed E-state index contributed by atoms with van der Waals surface area (Å²) in [5.74, 6) is -0.171. The summed E-state index contributed by atoms with van der Waals surface area (Å²) in [4.78, 5) is 23.7. The highest BCUT2D eigenvalue weighted by Crippen LogP contribution is 2.20. The maximum atomic E-state index is 11.9. The number of anilines is 1. The first-order chi connectivity index (χ1) is 13.0. The molecule has 2 N–H and O–H groups in total. The van der Waals surface area contributed by atoms with Crippen LogP contribution in [0.15, 0.2) is 47.6 Å². The second-order valence-corrected chi connectivity index (χ2v) is 6.31. The zero-order valence-electron chi connectivity index (χ0n) is 15.3. The zero-order chi connectivity index (χ0) is 19.6. The van der Waals surface area contributed by atoms with E-state index >= 15 is 0 Å². The van der Waals surface area contributed by atoms with Crippen molar-refractivity contribution in [3.05, 3.63) is 58.6 Å². The van der Waals surface area contributed by atoms with E-state index in [0.717, 1.165) is 23.3 Å². The van der Waals surface area contributed by atoms with Crippen LogP contribution in [0.4, 0.5) is 5.69 Å².